The van der Waals surface area contributed by atoms with Crippen molar-refractivity contribution >= 4 is 5.91 Å². The third-order valence-electron chi connectivity index (χ3n) is 4.13. The highest BCUT2D eigenvalue weighted by Gasteiger charge is 2.37. The molecule has 1 amide bonds. The Kier molecular flexibility index (Phi) is 5.45. The maximum absolute atomic E-state index is 12.8. The molecule has 1 aliphatic carbocycles. The summed E-state index contributed by atoms with van der Waals surface area (Å²) in [6, 6.07) is 0.912. The number of alkyl halides is 6. The molecule has 1 N–H and O–H groups in total. The highest BCUT2D eigenvalue weighted by atomic mass is 19.4. The Hall–Kier alpha value is -1.73. The maximum Gasteiger partial charge on any atom is 0.416 e. The van der Waals surface area contributed by atoms with Gasteiger partial charge in [0.1, 0.15) is 0 Å². The predicted molar refractivity (Wildman–Crippen MR) is 75.4 cm³/mol. The van der Waals surface area contributed by atoms with Gasteiger partial charge in [-0.2, -0.15) is 26.3 Å². The molecular weight excluding hydrogens is 336 g/mol. The van der Waals surface area contributed by atoms with E-state index in [0.29, 0.717) is 12.1 Å². The molecular formula is C16H17F6NO. The van der Waals surface area contributed by atoms with Crippen LogP contribution in [-0.4, -0.2) is 12.5 Å². The summed E-state index contributed by atoms with van der Waals surface area (Å²) in [5.74, 6) is -0.701. The zero-order chi connectivity index (χ0) is 18.0. The van der Waals surface area contributed by atoms with E-state index in [4.69, 9.17) is 0 Å². The minimum Gasteiger partial charge on any atom is -0.352 e. The fourth-order valence-electron chi connectivity index (χ4n) is 2.82. The van der Waals surface area contributed by atoms with Crippen molar-refractivity contribution in [2.45, 2.75) is 44.5 Å². The second-order valence-electron chi connectivity index (χ2n) is 6.01. The molecule has 1 fully saturated rings. The highest BCUT2D eigenvalue weighted by molar-refractivity contribution is 5.94. The van der Waals surface area contributed by atoms with Crippen molar-refractivity contribution in [1.29, 1.82) is 0 Å². The van der Waals surface area contributed by atoms with Crippen molar-refractivity contribution in [3.05, 3.63) is 34.9 Å². The van der Waals surface area contributed by atoms with Gasteiger partial charge in [0.05, 0.1) is 11.1 Å². The second-order valence-corrected chi connectivity index (χ2v) is 6.01. The lowest BCUT2D eigenvalue weighted by atomic mass is 9.89. The van der Waals surface area contributed by atoms with E-state index in [1.807, 2.05) is 0 Å². The van der Waals surface area contributed by atoms with E-state index in [0.717, 1.165) is 32.1 Å². The van der Waals surface area contributed by atoms with E-state index < -0.39 is 35.0 Å². The van der Waals surface area contributed by atoms with Gasteiger partial charge >= 0.3 is 12.4 Å². The number of amides is 1. The van der Waals surface area contributed by atoms with E-state index in [-0.39, 0.29) is 18.5 Å². The normalized spacial score (nSPS) is 16.9. The topological polar surface area (TPSA) is 29.1 Å². The number of rotatable bonds is 3. The fourth-order valence-corrected chi connectivity index (χ4v) is 2.82. The summed E-state index contributed by atoms with van der Waals surface area (Å²) in [5, 5.41) is 2.45. The molecule has 0 heterocycles. The van der Waals surface area contributed by atoms with Crippen LogP contribution < -0.4 is 5.32 Å². The molecule has 8 heteroatoms. The summed E-state index contributed by atoms with van der Waals surface area (Å²) in [4.78, 5) is 12.0. The quantitative estimate of drug-likeness (QED) is 0.759. The maximum atomic E-state index is 12.8. The highest BCUT2D eigenvalue weighted by Crippen LogP contribution is 2.36. The van der Waals surface area contributed by atoms with Gasteiger partial charge in [0.25, 0.3) is 5.91 Å². The minimum absolute atomic E-state index is 0.0118. The first-order chi connectivity index (χ1) is 11.1. The first-order valence-electron chi connectivity index (χ1n) is 7.65. The molecule has 0 atom stereocenters. The number of hydrogen-bond acceptors (Lipinski definition) is 1. The SMILES string of the molecule is O=C(NCC1CCCCC1)c1cc(C(F)(F)F)cc(C(F)(F)F)c1. The Morgan fingerprint density at radius 3 is 1.88 bits per heavy atom. The summed E-state index contributed by atoms with van der Waals surface area (Å²) in [7, 11) is 0. The van der Waals surface area contributed by atoms with Crippen LogP contribution in [0.15, 0.2) is 18.2 Å². The van der Waals surface area contributed by atoms with Gasteiger partial charge in [-0.25, -0.2) is 0 Å². The van der Waals surface area contributed by atoms with Gasteiger partial charge < -0.3 is 5.32 Å². The van der Waals surface area contributed by atoms with Crippen LogP contribution in [0.2, 0.25) is 0 Å². The third kappa shape index (κ3) is 4.88. The van der Waals surface area contributed by atoms with Crippen molar-refractivity contribution in [2.75, 3.05) is 6.54 Å². The van der Waals surface area contributed by atoms with Crippen LogP contribution in [0.4, 0.5) is 26.3 Å². The Labute approximate surface area is 135 Å². The largest absolute Gasteiger partial charge is 0.416 e. The van der Waals surface area contributed by atoms with E-state index in [1.54, 1.807) is 0 Å². The van der Waals surface area contributed by atoms with E-state index in [9.17, 15) is 31.1 Å². The zero-order valence-corrected chi connectivity index (χ0v) is 12.7. The van der Waals surface area contributed by atoms with Gasteiger partial charge in [-0.05, 0) is 37.0 Å². The van der Waals surface area contributed by atoms with Crippen LogP contribution in [-0.2, 0) is 12.4 Å². The molecule has 0 aromatic heterocycles. The Bertz CT molecular complexity index is 555. The van der Waals surface area contributed by atoms with Crippen LogP contribution in [0.1, 0.15) is 53.6 Å². The van der Waals surface area contributed by atoms with Crippen molar-refractivity contribution in [3.8, 4) is 0 Å². The summed E-state index contributed by atoms with van der Waals surface area (Å²) in [6.07, 6.45) is -4.98. The van der Waals surface area contributed by atoms with Crippen molar-refractivity contribution < 1.29 is 31.1 Å². The van der Waals surface area contributed by atoms with E-state index in [1.165, 1.54) is 0 Å². The average Bonchev–Trinajstić information content (AvgIpc) is 2.51. The minimum atomic E-state index is -4.96. The first-order valence-corrected chi connectivity index (χ1v) is 7.65. The molecule has 1 saturated carbocycles. The summed E-state index contributed by atoms with van der Waals surface area (Å²) >= 11 is 0. The van der Waals surface area contributed by atoms with Crippen molar-refractivity contribution in [3.63, 3.8) is 0 Å². The van der Waals surface area contributed by atoms with Crippen molar-refractivity contribution in [2.24, 2.45) is 5.92 Å². The lowest BCUT2D eigenvalue weighted by Gasteiger charge is -2.22. The monoisotopic (exact) mass is 353 g/mol. The predicted octanol–water partition coefficient (Wildman–Crippen LogP) is 5.03. The Morgan fingerprint density at radius 1 is 0.917 bits per heavy atom. The van der Waals surface area contributed by atoms with E-state index in [2.05, 4.69) is 5.32 Å². The molecule has 2 nitrogen and oxygen atoms in total. The molecule has 1 aliphatic rings. The van der Waals surface area contributed by atoms with Gasteiger partial charge in [0, 0.05) is 12.1 Å². The average molecular weight is 353 g/mol. The molecule has 1 aromatic carbocycles. The summed E-state index contributed by atoms with van der Waals surface area (Å²) in [6.45, 7) is 0.260. The molecule has 24 heavy (non-hydrogen) atoms. The molecule has 0 aliphatic heterocycles. The molecule has 0 radical (unpaired) electrons. The Balaban J connectivity index is 2.19. The number of carbonyl (C=O) groups excluding carboxylic acids is 1. The van der Waals surface area contributed by atoms with Crippen LogP contribution in [0, 0.1) is 5.92 Å². The van der Waals surface area contributed by atoms with Crippen LogP contribution in [0.25, 0.3) is 0 Å². The smallest absolute Gasteiger partial charge is 0.352 e. The van der Waals surface area contributed by atoms with Gasteiger partial charge in [-0.3, -0.25) is 4.79 Å². The lowest BCUT2D eigenvalue weighted by molar-refractivity contribution is -0.143. The molecule has 2 rings (SSSR count). The van der Waals surface area contributed by atoms with Gasteiger partial charge in [0.2, 0.25) is 0 Å². The molecule has 134 valence electrons. The first kappa shape index (κ1) is 18.6. The number of nitrogens with one attached hydrogen (secondary N) is 1. The summed E-state index contributed by atoms with van der Waals surface area (Å²) < 4.78 is 76.7. The second kappa shape index (κ2) is 7.03. The standard InChI is InChI=1S/C16H17F6NO/c17-15(18,19)12-6-11(7-13(8-12)16(20,21)22)14(24)23-9-10-4-2-1-3-5-10/h6-8,10H,1-5,9H2,(H,23,24). The Morgan fingerprint density at radius 2 is 1.42 bits per heavy atom. The number of hydrogen-bond donors (Lipinski definition) is 1. The number of carbonyl (C=O) groups is 1. The van der Waals surface area contributed by atoms with Gasteiger partial charge in [-0.1, -0.05) is 19.3 Å². The van der Waals surface area contributed by atoms with Crippen LogP contribution in [0.5, 0.6) is 0 Å². The van der Waals surface area contributed by atoms with Gasteiger partial charge in [0.15, 0.2) is 0 Å². The van der Waals surface area contributed by atoms with Crippen LogP contribution in [0.3, 0.4) is 0 Å². The number of halogens is 6. The van der Waals surface area contributed by atoms with E-state index >= 15 is 0 Å². The van der Waals surface area contributed by atoms with Crippen LogP contribution >= 0.6 is 0 Å². The molecule has 0 spiro atoms. The summed E-state index contributed by atoms with van der Waals surface area (Å²) in [5.41, 5.74) is -3.60. The fraction of sp³-hybridized carbons (Fsp3) is 0.562. The zero-order valence-electron chi connectivity index (χ0n) is 12.7. The molecule has 1 aromatic rings. The molecule has 0 unspecified atom stereocenters. The molecule has 0 bridgehead atoms. The lowest BCUT2D eigenvalue weighted by Crippen LogP contribution is -2.30. The van der Waals surface area contributed by atoms with Gasteiger partial charge in [-0.15, -0.1) is 0 Å². The molecule has 0 saturated heterocycles. The number of benzene rings is 1. The third-order valence-corrected chi connectivity index (χ3v) is 4.13. The van der Waals surface area contributed by atoms with Crippen molar-refractivity contribution in [1.82, 2.24) is 5.32 Å².